The number of fused-ring (bicyclic) bond motifs is 1. The second-order valence-electron chi connectivity index (χ2n) is 5.04. The van der Waals surface area contributed by atoms with Gasteiger partial charge < -0.3 is 10.3 Å². The fraction of sp³-hybridized carbons (Fsp3) is 0.118. The summed E-state index contributed by atoms with van der Waals surface area (Å²) in [7, 11) is 0. The van der Waals surface area contributed by atoms with Crippen LogP contribution in [-0.2, 0) is 6.54 Å². The van der Waals surface area contributed by atoms with Gasteiger partial charge in [-0.1, -0.05) is 18.2 Å². The van der Waals surface area contributed by atoms with Crippen molar-refractivity contribution in [2.75, 3.05) is 0 Å². The third-order valence-corrected chi connectivity index (χ3v) is 3.61. The molecular weight excluding hydrogens is 278 g/mol. The molecule has 0 aliphatic carbocycles. The highest BCUT2D eigenvalue weighted by Crippen LogP contribution is 2.16. The summed E-state index contributed by atoms with van der Waals surface area (Å²) in [6, 6.07) is 11.1. The van der Waals surface area contributed by atoms with Crippen molar-refractivity contribution in [2.45, 2.75) is 13.5 Å². The van der Waals surface area contributed by atoms with Gasteiger partial charge in [0.25, 0.3) is 11.5 Å². The zero-order chi connectivity index (χ0) is 15.5. The Labute approximate surface area is 127 Å². The van der Waals surface area contributed by atoms with Crippen molar-refractivity contribution in [1.29, 1.82) is 0 Å². The fourth-order valence-corrected chi connectivity index (χ4v) is 2.45. The number of pyridine rings is 2. The molecule has 22 heavy (non-hydrogen) atoms. The van der Waals surface area contributed by atoms with Crippen molar-refractivity contribution in [3.8, 4) is 0 Å². The van der Waals surface area contributed by atoms with Gasteiger partial charge in [0.05, 0.1) is 0 Å². The molecule has 0 radical (unpaired) electrons. The second kappa shape index (κ2) is 5.81. The van der Waals surface area contributed by atoms with E-state index in [1.807, 2.05) is 36.4 Å². The number of para-hydroxylation sites is 1. The minimum absolute atomic E-state index is 0.160. The number of hydrogen-bond donors (Lipinski definition) is 2. The molecule has 3 aromatic rings. The van der Waals surface area contributed by atoms with Crippen molar-refractivity contribution < 1.29 is 4.79 Å². The molecule has 0 aliphatic heterocycles. The molecule has 0 aliphatic rings. The smallest absolute Gasteiger partial charge is 0.261 e. The van der Waals surface area contributed by atoms with E-state index >= 15 is 0 Å². The maximum Gasteiger partial charge on any atom is 0.261 e. The Morgan fingerprint density at radius 2 is 1.91 bits per heavy atom. The zero-order valence-corrected chi connectivity index (χ0v) is 12.1. The number of aromatic nitrogens is 2. The van der Waals surface area contributed by atoms with E-state index in [9.17, 15) is 9.59 Å². The largest absolute Gasteiger partial charge is 0.348 e. The van der Waals surface area contributed by atoms with Gasteiger partial charge in [0.2, 0.25) is 0 Å². The highest BCUT2D eigenvalue weighted by atomic mass is 16.2. The van der Waals surface area contributed by atoms with Crippen molar-refractivity contribution in [1.82, 2.24) is 15.3 Å². The molecule has 110 valence electrons. The lowest BCUT2D eigenvalue weighted by molar-refractivity contribution is 0.0949. The molecule has 1 aromatic carbocycles. The summed E-state index contributed by atoms with van der Waals surface area (Å²) in [5.74, 6) is -0.374. The summed E-state index contributed by atoms with van der Waals surface area (Å²) >= 11 is 0. The standard InChI is InChI=1S/C17H15N3O2/c1-11-13-4-2-3-5-14(13)20-17(22)15(11)16(21)19-10-12-6-8-18-9-7-12/h2-9H,10H2,1H3,(H,19,21)(H,20,22). The van der Waals surface area contributed by atoms with Gasteiger partial charge in [0.1, 0.15) is 5.56 Å². The number of rotatable bonds is 3. The SMILES string of the molecule is Cc1c(C(=O)NCc2ccncc2)c(=O)[nH]c2ccccc12. The van der Waals surface area contributed by atoms with E-state index in [-0.39, 0.29) is 17.0 Å². The highest BCUT2D eigenvalue weighted by Gasteiger charge is 2.16. The molecule has 0 atom stereocenters. The van der Waals surface area contributed by atoms with Crippen LogP contribution >= 0.6 is 0 Å². The number of aromatic amines is 1. The average Bonchev–Trinajstić information content (AvgIpc) is 2.54. The van der Waals surface area contributed by atoms with Crippen molar-refractivity contribution in [3.63, 3.8) is 0 Å². The molecule has 0 fully saturated rings. The number of nitrogens with one attached hydrogen (secondary N) is 2. The summed E-state index contributed by atoms with van der Waals surface area (Å²) in [5.41, 5.74) is 2.14. The summed E-state index contributed by atoms with van der Waals surface area (Å²) in [6.07, 6.45) is 3.32. The Bertz CT molecular complexity index is 885. The second-order valence-corrected chi connectivity index (χ2v) is 5.04. The number of carbonyl (C=O) groups excluding carboxylic acids is 1. The topological polar surface area (TPSA) is 74.8 Å². The molecule has 0 unspecified atom stereocenters. The van der Waals surface area contributed by atoms with Gasteiger partial charge in [-0.2, -0.15) is 0 Å². The predicted octanol–water partition coefficient (Wildman–Crippen LogP) is 2.16. The van der Waals surface area contributed by atoms with Crippen molar-refractivity contribution in [3.05, 3.63) is 75.8 Å². The lowest BCUT2D eigenvalue weighted by Gasteiger charge is -2.09. The van der Waals surface area contributed by atoms with E-state index in [0.29, 0.717) is 12.1 Å². The van der Waals surface area contributed by atoms with Crippen LogP contribution in [-0.4, -0.2) is 15.9 Å². The van der Waals surface area contributed by atoms with Crippen molar-refractivity contribution in [2.24, 2.45) is 0 Å². The Kier molecular flexibility index (Phi) is 3.70. The monoisotopic (exact) mass is 293 g/mol. The molecule has 5 heteroatoms. The average molecular weight is 293 g/mol. The van der Waals surface area contributed by atoms with E-state index in [1.165, 1.54) is 0 Å². The molecule has 0 bridgehead atoms. The molecule has 2 N–H and O–H groups in total. The Morgan fingerprint density at radius 1 is 1.18 bits per heavy atom. The van der Waals surface area contributed by atoms with Gasteiger partial charge >= 0.3 is 0 Å². The summed E-state index contributed by atoms with van der Waals surface area (Å²) in [4.78, 5) is 31.2. The molecule has 3 rings (SSSR count). The van der Waals surface area contributed by atoms with Crippen LogP contribution in [0.5, 0.6) is 0 Å². The Morgan fingerprint density at radius 3 is 2.68 bits per heavy atom. The van der Waals surface area contributed by atoms with Gasteiger partial charge in [0, 0.05) is 29.8 Å². The van der Waals surface area contributed by atoms with Gasteiger partial charge in [-0.25, -0.2) is 0 Å². The fourth-order valence-electron chi connectivity index (χ4n) is 2.45. The molecule has 5 nitrogen and oxygen atoms in total. The van der Waals surface area contributed by atoms with Crippen LogP contribution in [0.1, 0.15) is 21.5 Å². The number of aryl methyl sites for hydroxylation is 1. The number of H-pyrrole nitrogens is 1. The van der Waals surface area contributed by atoms with E-state index in [0.717, 1.165) is 16.5 Å². The third-order valence-electron chi connectivity index (χ3n) is 3.61. The normalized spacial score (nSPS) is 10.6. The van der Waals surface area contributed by atoms with Crippen LogP contribution in [0.2, 0.25) is 0 Å². The first-order valence-corrected chi connectivity index (χ1v) is 6.95. The number of amides is 1. The van der Waals surface area contributed by atoms with E-state index in [1.54, 1.807) is 19.3 Å². The van der Waals surface area contributed by atoms with Crippen LogP contribution in [0.3, 0.4) is 0 Å². The van der Waals surface area contributed by atoms with E-state index in [4.69, 9.17) is 0 Å². The van der Waals surface area contributed by atoms with Gasteiger partial charge in [-0.05, 0) is 36.2 Å². The first-order chi connectivity index (χ1) is 10.7. The maximum absolute atomic E-state index is 12.4. The number of carbonyl (C=O) groups is 1. The lowest BCUT2D eigenvalue weighted by Crippen LogP contribution is -2.30. The predicted molar refractivity (Wildman–Crippen MR) is 84.7 cm³/mol. The first kappa shape index (κ1) is 14.0. The number of benzene rings is 1. The summed E-state index contributed by atoms with van der Waals surface area (Å²) < 4.78 is 0. The van der Waals surface area contributed by atoms with Gasteiger partial charge in [-0.15, -0.1) is 0 Å². The molecule has 1 amide bonds. The number of hydrogen-bond acceptors (Lipinski definition) is 3. The molecule has 0 spiro atoms. The van der Waals surface area contributed by atoms with Crippen LogP contribution in [0, 0.1) is 6.92 Å². The highest BCUT2D eigenvalue weighted by molar-refractivity contribution is 5.99. The van der Waals surface area contributed by atoms with Crippen molar-refractivity contribution >= 4 is 16.8 Å². The zero-order valence-electron chi connectivity index (χ0n) is 12.1. The Hall–Kier alpha value is -2.95. The van der Waals surface area contributed by atoms with Crippen LogP contribution in [0.25, 0.3) is 10.9 Å². The van der Waals surface area contributed by atoms with Crippen LogP contribution in [0.4, 0.5) is 0 Å². The maximum atomic E-state index is 12.4. The minimum Gasteiger partial charge on any atom is -0.348 e. The molecule has 0 saturated carbocycles. The molecule has 0 saturated heterocycles. The summed E-state index contributed by atoms with van der Waals surface area (Å²) in [5, 5.41) is 3.65. The molecule has 2 aromatic heterocycles. The van der Waals surface area contributed by atoms with Gasteiger partial charge in [-0.3, -0.25) is 14.6 Å². The molecular formula is C17H15N3O2. The van der Waals surface area contributed by atoms with E-state index in [2.05, 4.69) is 15.3 Å². The minimum atomic E-state index is -0.374. The Balaban J connectivity index is 1.92. The van der Waals surface area contributed by atoms with Crippen LogP contribution < -0.4 is 10.9 Å². The first-order valence-electron chi connectivity index (χ1n) is 6.95. The van der Waals surface area contributed by atoms with Crippen LogP contribution in [0.15, 0.2) is 53.6 Å². The third kappa shape index (κ3) is 2.61. The van der Waals surface area contributed by atoms with Gasteiger partial charge in [0.15, 0.2) is 0 Å². The summed E-state index contributed by atoms with van der Waals surface area (Å²) in [6.45, 7) is 2.14. The molecule has 2 heterocycles. The number of nitrogens with zero attached hydrogens (tertiary/aromatic N) is 1. The quantitative estimate of drug-likeness (QED) is 0.777. The lowest BCUT2D eigenvalue weighted by atomic mass is 10.0. The van der Waals surface area contributed by atoms with E-state index < -0.39 is 0 Å².